The molecule has 162 valence electrons. The minimum Gasteiger partial charge on any atom is -0.506 e. The van der Waals surface area contributed by atoms with Gasteiger partial charge in [-0.15, -0.1) is 0 Å². The first-order valence-electron chi connectivity index (χ1n) is 10.0. The third kappa shape index (κ3) is 3.41. The number of fused-ring (bicyclic) bond motifs is 1. The van der Waals surface area contributed by atoms with Crippen LogP contribution in [0.5, 0.6) is 5.75 Å². The molecule has 3 atom stereocenters. The lowest BCUT2D eigenvalue weighted by Crippen LogP contribution is -2.37. The monoisotopic (exact) mass is 468 g/mol. The van der Waals surface area contributed by atoms with Crippen LogP contribution in [0.2, 0.25) is 10.0 Å². The first-order chi connectivity index (χ1) is 15.5. The molecule has 2 aliphatic heterocycles. The van der Waals surface area contributed by atoms with Crippen LogP contribution < -0.4 is 5.06 Å². The minimum absolute atomic E-state index is 0.0573. The summed E-state index contributed by atoms with van der Waals surface area (Å²) < 4.78 is 0. The summed E-state index contributed by atoms with van der Waals surface area (Å²) in [7, 11) is 0. The molecule has 2 heterocycles. The highest BCUT2D eigenvalue weighted by atomic mass is 35.5. The molecule has 2 fully saturated rings. The smallest absolute Gasteiger partial charge is 0.262 e. The molecule has 3 aromatic carbocycles. The van der Waals surface area contributed by atoms with E-state index in [-0.39, 0.29) is 23.2 Å². The van der Waals surface area contributed by atoms with Gasteiger partial charge in [-0.25, -0.2) is 5.06 Å². The van der Waals surface area contributed by atoms with Crippen LogP contribution in [0.15, 0.2) is 72.8 Å². The number of hydrogen-bond donors (Lipinski definition) is 1. The third-order valence-electron chi connectivity index (χ3n) is 5.78. The molecule has 0 unspecified atom stereocenters. The molecule has 0 aliphatic carbocycles. The van der Waals surface area contributed by atoms with Crippen LogP contribution in [-0.2, 0) is 21.0 Å². The van der Waals surface area contributed by atoms with Gasteiger partial charge in [0.25, 0.3) is 5.91 Å². The molecule has 1 N–H and O–H groups in total. The van der Waals surface area contributed by atoms with Crippen molar-refractivity contribution in [2.45, 2.75) is 18.7 Å². The number of phenolic OH excluding ortho intramolecular Hbond substituents is 1. The predicted octanol–water partition coefficient (Wildman–Crippen LogP) is 4.75. The second-order valence-corrected chi connectivity index (χ2v) is 8.58. The van der Waals surface area contributed by atoms with Crippen LogP contribution in [0.4, 0.5) is 5.69 Å². The van der Waals surface area contributed by atoms with E-state index < -0.39 is 24.0 Å². The molecule has 0 spiro atoms. The second-order valence-electron chi connectivity index (χ2n) is 7.73. The maximum atomic E-state index is 13.5. The summed E-state index contributed by atoms with van der Waals surface area (Å²) in [5, 5.41) is 12.6. The highest BCUT2D eigenvalue weighted by Crippen LogP contribution is 2.50. The molecule has 2 saturated heterocycles. The van der Waals surface area contributed by atoms with Crippen molar-refractivity contribution in [3.8, 4) is 5.75 Å². The highest BCUT2D eigenvalue weighted by Gasteiger charge is 2.60. The fraction of sp³-hybridized carbons (Fsp3) is 0.167. The number of likely N-dealkylation sites (tertiary alicyclic amines) is 1. The Morgan fingerprint density at radius 3 is 2.25 bits per heavy atom. The molecule has 8 heteroatoms. The van der Waals surface area contributed by atoms with Gasteiger partial charge < -0.3 is 5.11 Å². The number of imide groups is 1. The number of carbonyl (C=O) groups is 2. The van der Waals surface area contributed by atoms with Crippen molar-refractivity contribution in [2.75, 3.05) is 5.06 Å². The molecular weight excluding hydrogens is 451 g/mol. The Morgan fingerprint density at radius 1 is 0.906 bits per heavy atom. The summed E-state index contributed by atoms with van der Waals surface area (Å²) in [6, 6.07) is 20.5. The Morgan fingerprint density at radius 2 is 1.56 bits per heavy atom. The third-order valence-corrected chi connectivity index (χ3v) is 6.28. The van der Waals surface area contributed by atoms with Crippen molar-refractivity contribution in [1.82, 2.24) is 4.90 Å². The molecular formula is C24H18Cl2N2O4. The Bertz CT molecular complexity index is 1190. The summed E-state index contributed by atoms with van der Waals surface area (Å²) in [6.07, 6.45) is -1.02. The topological polar surface area (TPSA) is 70.1 Å². The van der Waals surface area contributed by atoms with Crippen molar-refractivity contribution >= 4 is 40.7 Å². The quantitative estimate of drug-likeness (QED) is 0.559. The van der Waals surface area contributed by atoms with Crippen molar-refractivity contribution in [2.24, 2.45) is 5.92 Å². The zero-order chi connectivity index (χ0) is 22.4. The summed E-state index contributed by atoms with van der Waals surface area (Å²) in [6.45, 7) is 0.148. The van der Waals surface area contributed by atoms with Gasteiger partial charge in [0.1, 0.15) is 11.7 Å². The number of hydrogen-bond acceptors (Lipinski definition) is 5. The number of para-hydroxylation sites is 1. The molecule has 0 radical (unpaired) electrons. The number of rotatable bonds is 4. The van der Waals surface area contributed by atoms with E-state index in [9.17, 15) is 14.7 Å². The fourth-order valence-corrected chi connectivity index (χ4v) is 4.83. The molecule has 3 aromatic rings. The zero-order valence-electron chi connectivity index (χ0n) is 16.7. The van der Waals surface area contributed by atoms with E-state index >= 15 is 0 Å². The average Bonchev–Trinajstić information content (AvgIpc) is 3.29. The maximum Gasteiger partial charge on any atom is 0.262 e. The molecule has 5 rings (SSSR count). The Balaban J connectivity index is 1.58. The first kappa shape index (κ1) is 20.8. The predicted molar refractivity (Wildman–Crippen MR) is 120 cm³/mol. The molecule has 0 bridgehead atoms. The number of hydroxylamine groups is 1. The van der Waals surface area contributed by atoms with Gasteiger partial charge >= 0.3 is 0 Å². The molecule has 2 amide bonds. The average molecular weight is 469 g/mol. The number of benzene rings is 3. The summed E-state index contributed by atoms with van der Waals surface area (Å²) >= 11 is 12.4. The lowest BCUT2D eigenvalue weighted by atomic mass is 9.90. The number of aromatic hydroxyl groups is 1. The number of halogens is 2. The van der Waals surface area contributed by atoms with Crippen LogP contribution in [0, 0.1) is 5.92 Å². The van der Waals surface area contributed by atoms with E-state index in [1.807, 2.05) is 48.5 Å². The van der Waals surface area contributed by atoms with Gasteiger partial charge in [-0.1, -0.05) is 71.7 Å². The molecule has 2 aliphatic rings. The maximum absolute atomic E-state index is 13.5. The van der Waals surface area contributed by atoms with E-state index in [2.05, 4.69) is 0 Å². The summed E-state index contributed by atoms with van der Waals surface area (Å²) in [4.78, 5) is 34.0. The van der Waals surface area contributed by atoms with E-state index in [0.29, 0.717) is 16.3 Å². The van der Waals surface area contributed by atoms with Crippen LogP contribution >= 0.6 is 23.2 Å². The zero-order valence-corrected chi connectivity index (χ0v) is 18.2. The Labute approximate surface area is 194 Å². The van der Waals surface area contributed by atoms with E-state index in [1.165, 1.54) is 16.0 Å². The number of anilines is 1. The van der Waals surface area contributed by atoms with Crippen molar-refractivity contribution < 1.29 is 19.5 Å². The van der Waals surface area contributed by atoms with Crippen molar-refractivity contribution in [3.63, 3.8) is 0 Å². The van der Waals surface area contributed by atoms with E-state index in [1.54, 1.807) is 18.2 Å². The standard InChI is InChI=1S/C24H18Cl2N2O4/c25-15-11-17(21(29)18(26)12-15)20-19-22(32-28(20)16-9-5-2-6-10-16)24(31)27(23(19)30)13-14-7-3-1-4-8-14/h1-12,19-20,22,29H,13H2/t19-,20-,22+/m1/s1. The second kappa shape index (κ2) is 8.13. The fourth-order valence-electron chi connectivity index (χ4n) is 4.32. The van der Waals surface area contributed by atoms with Crippen LogP contribution in [0.3, 0.4) is 0 Å². The molecule has 6 nitrogen and oxygen atoms in total. The van der Waals surface area contributed by atoms with Gasteiger partial charge in [0, 0.05) is 10.6 Å². The van der Waals surface area contributed by atoms with Gasteiger partial charge in [-0.2, -0.15) is 0 Å². The number of phenols is 1. The van der Waals surface area contributed by atoms with Crippen molar-refractivity contribution in [3.05, 3.63) is 94.0 Å². The van der Waals surface area contributed by atoms with Crippen LogP contribution in [-0.4, -0.2) is 27.9 Å². The summed E-state index contributed by atoms with van der Waals surface area (Å²) in [5.41, 5.74) is 1.79. The molecule has 32 heavy (non-hydrogen) atoms. The van der Waals surface area contributed by atoms with Gasteiger partial charge in [-0.3, -0.25) is 19.3 Å². The minimum atomic E-state index is -1.02. The number of carbonyl (C=O) groups excluding carboxylic acids is 2. The van der Waals surface area contributed by atoms with E-state index in [4.69, 9.17) is 28.0 Å². The summed E-state index contributed by atoms with van der Waals surface area (Å²) in [5.74, 6) is -1.86. The molecule has 0 aromatic heterocycles. The van der Waals surface area contributed by atoms with Crippen LogP contribution in [0.1, 0.15) is 17.2 Å². The normalized spacial score (nSPS) is 22.5. The largest absolute Gasteiger partial charge is 0.506 e. The first-order valence-corrected chi connectivity index (χ1v) is 10.8. The Hall–Kier alpha value is -3.06. The van der Waals surface area contributed by atoms with Crippen molar-refractivity contribution in [1.29, 1.82) is 0 Å². The Kier molecular flexibility index (Phi) is 5.29. The van der Waals surface area contributed by atoms with Gasteiger partial charge in [0.05, 0.1) is 23.3 Å². The highest BCUT2D eigenvalue weighted by molar-refractivity contribution is 6.35. The lowest BCUT2D eigenvalue weighted by molar-refractivity contribution is -0.143. The van der Waals surface area contributed by atoms with Crippen LogP contribution in [0.25, 0.3) is 0 Å². The SMILES string of the molecule is O=C1[C@H]2[C@H](ON(c3ccccc3)[C@@H]2c2cc(Cl)cc(Cl)c2O)C(=O)N1Cc1ccccc1. The van der Waals surface area contributed by atoms with Gasteiger partial charge in [0.2, 0.25) is 5.91 Å². The number of amides is 2. The number of nitrogens with zero attached hydrogens (tertiary/aromatic N) is 2. The lowest BCUT2D eigenvalue weighted by Gasteiger charge is -2.29. The van der Waals surface area contributed by atoms with Gasteiger partial charge in [0.15, 0.2) is 6.10 Å². The van der Waals surface area contributed by atoms with E-state index in [0.717, 1.165) is 5.56 Å². The molecule has 0 saturated carbocycles. The van der Waals surface area contributed by atoms with Gasteiger partial charge in [-0.05, 0) is 29.8 Å².